The molecular weight excluding hydrogens is 423 g/mol. The molecule has 1 aliphatic heterocycles. The Balaban J connectivity index is 1.70. The fourth-order valence-corrected chi connectivity index (χ4v) is 5.90. The topological polar surface area (TPSA) is 12.5 Å². The fourth-order valence-electron chi connectivity index (χ4n) is 5.90. The standard InChI is InChI=1S/C28H28F3NO/c1-26(2)32(19-21-13-7-4-8-14-21)24-23-16-10-9-15-22(23)18-27(24,25(33-26)28(29,30)31)17-20-11-5-3-6-12-20/h3-16,24-25H,17-19H2,1-2H3/t24-,25+,27+/m1/s1. The average Bonchev–Trinajstić information content (AvgIpc) is 3.10. The highest BCUT2D eigenvalue weighted by molar-refractivity contribution is 5.42. The van der Waals surface area contributed by atoms with Gasteiger partial charge in [-0.3, -0.25) is 4.90 Å². The first-order valence-corrected chi connectivity index (χ1v) is 11.4. The Hall–Kier alpha value is -2.63. The van der Waals surface area contributed by atoms with Crippen LogP contribution in [0.1, 0.15) is 42.1 Å². The summed E-state index contributed by atoms with van der Waals surface area (Å²) in [5.41, 5.74) is 1.65. The lowest BCUT2D eigenvalue weighted by Gasteiger charge is -2.58. The second kappa shape index (κ2) is 8.00. The van der Waals surface area contributed by atoms with Gasteiger partial charge >= 0.3 is 6.18 Å². The van der Waals surface area contributed by atoms with Crippen LogP contribution in [-0.4, -0.2) is 22.9 Å². The van der Waals surface area contributed by atoms with Crippen LogP contribution >= 0.6 is 0 Å². The van der Waals surface area contributed by atoms with E-state index in [1.165, 1.54) is 0 Å². The Kier molecular flexibility index (Phi) is 5.37. The minimum absolute atomic E-state index is 0.290. The Morgan fingerprint density at radius 1 is 0.848 bits per heavy atom. The van der Waals surface area contributed by atoms with Crippen LogP contribution in [0, 0.1) is 5.41 Å². The molecule has 3 aromatic rings. The summed E-state index contributed by atoms with van der Waals surface area (Å²) in [6, 6.07) is 26.8. The maximum Gasteiger partial charge on any atom is 0.415 e. The lowest BCUT2D eigenvalue weighted by atomic mass is 9.68. The molecule has 1 saturated heterocycles. The van der Waals surface area contributed by atoms with Crippen molar-refractivity contribution < 1.29 is 17.9 Å². The quantitative estimate of drug-likeness (QED) is 0.437. The summed E-state index contributed by atoms with van der Waals surface area (Å²) in [6.07, 6.45) is -5.73. The molecule has 2 aliphatic rings. The van der Waals surface area contributed by atoms with Crippen molar-refractivity contribution in [1.82, 2.24) is 4.90 Å². The van der Waals surface area contributed by atoms with Crippen molar-refractivity contribution in [2.45, 2.75) is 57.3 Å². The Morgan fingerprint density at radius 2 is 1.42 bits per heavy atom. The van der Waals surface area contributed by atoms with E-state index in [0.717, 1.165) is 22.3 Å². The number of fused-ring (bicyclic) bond motifs is 3. The van der Waals surface area contributed by atoms with E-state index in [0.29, 0.717) is 19.4 Å². The van der Waals surface area contributed by atoms with Crippen LogP contribution in [0.3, 0.4) is 0 Å². The van der Waals surface area contributed by atoms with E-state index in [2.05, 4.69) is 4.90 Å². The van der Waals surface area contributed by atoms with E-state index in [9.17, 15) is 13.2 Å². The van der Waals surface area contributed by atoms with Crippen LogP contribution in [0.15, 0.2) is 84.9 Å². The second-order valence-corrected chi connectivity index (χ2v) is 9.77. The van der Waals surface area contributed by atoms with Gasteiger partial charge < -0.3 is 4.74 Å². The van der Waals surface area contributed by atoms with Crippen LogP contribution in [-0.2, 0) is 24.1 Å². The number of rotatable bonds is 4. The number of halogens is 3. The van der Waals surface area contributed by atoms with Crippen molar-refractivity contribution in [3.8, 4) is 0 Å². The molecule has 33 heavy (non-hydrogen) atoms. The number of ether oxygens (including phenoxy) is 1. The van der Waals surface area contributed by atoms with Crippen LogP contribution < -0.4 is 0 Å². The molecule has 1 heterocycles. The summed E-state index contributed by atoms with van der Waals surface area (Å²) in [5.74, 6) is 0. The van der Waals surface area contributed by atoms with E-state index in [1.54, 1.807) is 13.8 Å². The van der Waals surface area contributed by atoms with Gasteiger partial charge in [0.15, 0.2) is 6.10 Å². The Labute approximate surface area is 193 Å². The summed E-state index contributed by atoms with van der Waals surface area (Å²) >= 11 is 0. The number of nitrogens with zero attached hydrogens (tertiary/aromatic N) is 1. The summed E-state index contributed by atoms with van der Waals surface area (Å²) in [4.78, 5) is 2.14. The molecule has 0 spiro atoms. The molecule has 0 bridgehead atoms. The molecule has 172 valence electrons. The van der Waals surface area contributed by atoms with Gasteiger partial charge in [-0.05, 0) is 48.9 Å². The van der Waals surface area contributed by atoms with Crippen molar-refractivity contribution in [3.05, 3.63) is 107 Å². The number of benzene rings is 3. The average molecular weight is 452 g/mol. The molecule has 5 heteroatoms. The zero-order chi connectivity index (χ0) is 23.3. The summed E-state index contributed by atoms with van der Waals surface area (Å²) in [5, 5.41) is 0. The van der Waals surface area contributed by atoms with E-state index < -0.39 is 29.5 Å². The number of alkyl halides is 3. The highest BCUT2D eigenvalue weighted by Crippen LogP contribution is 2.61. The Bertz CT molecular complexity index is 1110. The van der Waals surface area contributed by atoms with Gasteiger partial charge in [-0.25, -0.2) is 0 Å². The zero-order valence-corrected chi connectivity index (χ0v) is 18.8. The van der Waals surface area contributed by atoms with Gasteiger partial charge in [-0.2, -0.15) is 13.2 Å². The van der Waals surface area contributed by atoms with Crippen LogP contribution in [0.2, 0.25) is 0 Å². The van der Waals surface area contributed by atoms with Gasteiger partial charge in [-0.15, -0.1) is 0 Å². The third kappa shape index (κ3) is 3.87. The zero-order valence-electron chi connectivity index (χ0n) is 18.8. The summed E-state index contributed by atoms with van der Waals surface area (Å²) in [7, 11) is 0. The predicted molar refractivity (Wildman–Crippen MR) is 122 cm³/mol. The molecular formula is C28H28F3NO. The van der Waals surface area contributed by atoms with E-state index in [-0.39, 0.29) is 0 Å². The minimum Gasteiger partial charge on any atom is -0.348 e. The van der Waals surface area contributed by atoms with Crippen LogP contribution in [0.25, 0.3) is 0 Å². The minimum atomic E-state index is -4.48. The predicted octanol–water partition coefficient (Wildman–Crippen LogP) is 6.71. The molecule has 1 aliphatic carbocycles. The molecule has 0 amide bonds. The highest BCUT2D eigenvalue weighted by Gasteiger charge is 2.67. The number of hydrogen-bond donors (Lipinski definition) is 0. The lowest BCUT2D eigenvalue weighted by Crippen LogP contribution is -2.66. The molecule has 0 aromatic heterocycles. The molecule has 0 N–H and O–H groups in total. The lowest BCUT2D eigenvalue weighted by molar-refractivity contribution is -0.354. The first kappa shape index (κ1) is 22.2. The maximum atomic E-state index is 14.7. The maximum absolute atomic E-state index is 14.7. The van der Waals surface area contributed by atoms with Gasteiger partial charge in [0.05, 0.1) is 0 Å². The first-order chi connectivity index (χ1) is 15.7. The van der Waals surface area contributed by atoms with Gasteiger partial charge in [0, 0.05) is 18.0 Å². The normalized spacial score (nSPS) is 26.6. The van der Waals surface area contributed by atoms with Crippen LogP contribution in [0.5, 0.6) is 0 Å². The molecule has 0 unspecified atom stereocenters. The SMILES string of the molecule is CC1(C)O[C@H](C(F)(F)F)[C@@]2(Cc3ccccc3)Cc3ccccc3[C@H]2N1Cc1ccccc1. The summed E-state index contributed by atoms with van der Waals surface area (Å²) < 4.78 is 50.2. The molecule has 0 saturated carbocycles. The van der Waals surface area contributed by atoms with Gasteiger partial charge in [0.25, 0.3) is 0 Å². The van der Waals surface area contributed by atoms with E-state index in [4.69, 9.17) is 4.74 Å². The van der Waals surface area contributed by atoms with Crippen molar-refractivity contribution >= 4 is 0 Å². The third-order valence-electron chi connectivity index (χ3n) is 7.21. The van der Waals surface area contributed by atoms with Crippen molar-refractivity contribution in [2.75, 3.05) is 0 Å². The number of hydrogen-bond acceptors (Lipinski definition) is 2. The van der Waals surface area contributed by atoms with Gasteiger partial charge in [0.1, 0.15) is 5.72 Å². The second-order valence-electron chi connectivity index (χ2n) is 9.77. The van der Waals surface area contributed by atoms with Crippen molar-refractivity contribution in [2.24, 2.45) is 5.41 Å². The van der Waals surface area contributed by atoms with Gasteiger partial charge in [-0.1, -0.05) is 84.9 Å². The third-order valence-corrected chi connectivity index (χ3v) is 7.21. The van der Waals surface area contributed by atoms with Crippen molar-refractivity contribution in [1.29, 1.82) is 0 Å². The Morgan fingerprint density at radius 3 is 2.06 bits per heavy atom. The fraction of sp³-hybridized carbons (Fsp3) is 0.357. The molecule has 2 nitrogen and oxygen atoms in total. The van der Waals surface area contributed by atoms with Gasteiger partial charge in [0.2, 0.25) is 0 Å². The molecule has 1 fully saturated rings. The summed E-state index contributed by atoms with van der Waals surface area (Å²) in [6.45, 7) is 4.04. The largest absolute Gasteiger partial charge is 0.415 e. The van der Waals surface area contributed by atoms with Crippen LogP contribution in [0.4, 0.5) is 13.2 Å². The molecule has 3 aromatic carbocycles. The molecule has 0 radical (unpaired) electrons. The first-order valence-electron chi connectivity index (χ1n) is 11.4. The molecule has 5 rings (SSSR count). The monoisotopic (exact) mass is 451 g/mol. The van der Waals surface area contributed by atoms with Crippen molar-refractivity contribution in [3.63, 3.8) is 0 Å². The highest BCUT2D eigenvalue weighted by atomic mass is 19.4. The molecule has 3 atom stereocenters. The van der Waals surface area contributed by atoms with E-state index in [1.807, 2.05) is 84.9 Å². The van der Waals surface area contributed by atoms with E-state index >= 15 is 0 Å². The smallest absolute Gasteiger partial charge is 0.348 e.